The van der Waals surface area contributed by atoms with Crippen LogP contribution in [0.15, 0.2) is 30.3 Å². The molecule has 3 N–H and O–H groups in total. The molecule has 0 heterocycles. The Balaban J connectivity index is -0.0000000550. The molecule has 0 fully saturated rings. The summed E-state index contributed by atoms with van der Waals surface area (Å²) in [4.78, 5) is 0. The Hall–Kier alpha value is -0.0557. The molecule has 90 valence electrons. The maximum absolute atomic E-state index is 2.75. The van der Waals surface area contributed by atoms with Crippen molar-refractivity contribution < 1.29 is 21.7 Å². The SMILES string of the molecule is CNC.CNC.CNC.[Ti].c1cc[cH-]c1. The van der Waals surface area contributed by atoms with Crippen molar-refractivity contribution in [2.45, 2.75) is 0 Å². The predicted octanol–water partition coefficient (Wildman–Crippen LogP) is 0.910. The van der Waals surface area contributed by atoms with Gasteiger partial charge in [-0.2, -0.15) is 18.2 Å². The van der Waals surface area contributed by atoms with Gasteiger partial charge in [0.2, 0.25) is 0 Å². The largest absolute Gasteiger partial charge is 0.323 e. The van der Waals surface area contributed by atoms with Gasteiger partial charge < -0.3 is 16.0 Å². The van der Waals surface area contributed by atoms with Crippen LogP contribution in [0.3, 0.4) is 0 Å². The quantitative estimate of drug-likeness (QED) is 0.472. The van der Waals surface area contributed by atoms with E-state index in [0.29, 0.717) is 0 Å². The third-order valence-corrected chi connectivity index (χ3v) is 0.556. The summed E-state index contributed by atoms with van der Waals surface area (Å²) in [5.74, 6) is 0. The summed E-state index contributed by atoms with van der Waals surface area (Å²) in [6, 6.07) is 10.0. The molecule has 1 aromatic carbocycles. The first-order valence-corrected chi connectivity index (χ1v) is 4.67. The third kappa shape index (κ3) is 81.4. The monoisotopic (exact) mass is 248 g/mol. The Morgan fingerprint density at radius 2 is 0.867 bits per heavy atom. The summed E-state index contributed by atoms with van der Waals surface area (Å²) in [5, 5.41) is 8.25. The molecule has 0 aliphatic rings. The second kappa shape index (κ2) is 37.0. The first-order chi connectivity index (χ1) is 6.74. The molecule has 0 bridgehead atoms. The van der Waals surface area contributed by atoms with Crippen LogP contribution in [0.2, 0.25) is 0 Å². The fourth-order valence-electron chi connectivity index (χ4n) is 0.321. The fourth-order valence-corrected chi connectivity index (χ4v) is 0.321. The minimum absolute atomic E-state index is 0. The molecule has 0 spiro atoms. The Labute approximate surface area is 110 Å². The van der Waals surface area contributed by atoms with E-state index in [4.69, 9.17) is 0 Å². The second-order valence-corrected chi connectivity index (χ2v) is 2.46. The summed E-state index contributed by atoms with van der Waals surface area (Å²) in [5.41, 5.74) is 0. The van der Waals surface area contributed by atoms with Gasteiger partial charge in [0.25, 0.3) is 0 Å². The van der Waals surface area contributed by atoms with Gasteiger partial charge in [0.05, 0.1) is 0 Å². The minimum atomic E-state index is 0. The van der Waals surface area contributed by atoms with Crippen molar-refractivity contribution in [2.75, 3.05) is 42.3 Å². The second-order valence-electron chi connectivity index (χ2n) is 2.46. The Morgan fingerprint density at radius 1 is 0.667 bits per heavy atom. The van der Waals surface area contributed by atoms with E-state index in [1.54, 1.807) is 0 Å². The van der Waals surface area contributed by atoms with E-state index in [2.05, 4.69) is 16.0 Å². The van der Waals surface area contributed by atoms with Crippen molar-refractivity contribution in [1.82, 2.24) is 16.0 Å². The first-order valence-electron chi connectivity index (χ1n) is 4.67. The number of hydrogen-bond donors (Lipinski definition) is 3. The van der Waals surface area contributed by atoms with Crippen LogP contribution in [-0.4, -0.2) is 42.3 Å². The topological polar surface area (TPSA) is 36.1 Å². The molecule has 1 aromatic rings. The van der Waals surface area contributed by atoms with Gasteiger partial charge in [-0.25, -0.2) is 12.1 Å². The maximum atomic E-state index is 2.75. The smallest absolute Gasteiger partial charge is 0 e. The van der Waals surface area contributed by atoms with Gasteiger partial charge in [0.15, 0.2) is 0 Å². The third-order valence-electron chi connectivity index (χ3n) is 0.556. The van der Waals surface area contributed by atoms with E-state index in [1.165, 1.54) is 0 Å². The standard InChI is InChI=1S/C5H5.3C2H7N.Ti/c1-2-4-5-3-1;3*1-3-2;/h1-5H;3*3H,1-2H3;/q-1;;;;. The van der Waals surface area contributed by atoms with Gasteiger partial charge >= 0.3 is 0 Å². The molecule has 0 aliphatic carbocycles. The van der Waals surface area contributed by atoms with Crippen molar-refractivity contribution in [3.05, 3.63) is 30.3 Å². The summed E-state index contributed by atoms with van der Waals surface area (Å²) in [7, 11) is 11.2. The van der Waals surface area contributed by atoms with E-state index >= 15 is 0 Å². The van der Waals surface area contributed by atoms with Crippen LogP contribution in [0, 0.1) is 0 Å². The molecule has 0 atom stereocenters. The number of rotatable bonds is 0. The van der Waals surface area contributed by atoms with Gasteiger partial charge in [0.1, 0.15) is 0 Å². The Kier molecular flexibility index (Phi) is 59.9. The average molecular weight is 248 g/mol. The van der Waals surface area contributed by atoms with Crippen LogP contribution in [0.1, 0.15) is 0 Å². The van der Waals surface area contributed by atoms with Crippen molar-refractivity contribution in [2.24, 2.45) is 0 Å². The van der Waals surface area contributed by atoms with Gasteiger partial charge in [0, 0.05) is 21.7 Å². The molecule has 0 saturated heterocycles. The van der Waals surface area contributed by atoms with Crippen molar-refractivity contribution in [3.8, 4) is 0 Å². The van der Waals surface area contributed by atoms with Gasteiger partial charge in [-0.05, 0) is 42.3 Å². The van der Waals surface area contributed by atoms with Crippen LogP contribution in [0.5, 0.6) is 0 Å². The molecule has 0 aliphatic heterocycles. The maximum Gasteiger partial charge on any atom is 0 e. The molecule has 1 rings (SSSR count). The zero-order chi connectivity index (χ0) is 11.7. The zero-order valence-corrected chi connectivity index (χ0v) is 12.4. The summed E-state index contributed by atoms with van der Waals surface area (Å²) in [6.07, 6.45) is 0. The first kappa shape index (κ1) is 24.3. The number of nitrogens with one attached hydrogen (secondary N) is 3. The Bertz CT molecular complexity index is 99.4. The van der Waals surface area contributed by atoms with E-state index in [9.17, 15) is 0 Å². The van der Waals surface area contributed by atoms with E-state index in [0.717, 1.165) is 0 Å². The van der Waals surface area contributed by atoms with Crippen LogP contribution < -0.4 is 16.0 Å². The van der Waals surface area contributed by atoms with Crippen LogP contribution in [0.25, 0.3) is 0 Å². The predicted molar refractivity (Wildman–Crippen MR) is 67.0 cm³/mol. The molecule has 0 radical (unpaired) electrons. The average Bonchev–Trinajstić information content (AvgIpc) is 2.63. The summed E-state index contributed by atoms with van der Waals surface area (Å²) in [6.45, 7) is 0. The van der Waals surface area contributed by atoms with Crippen LogP contribution in [0.4, 0.5) is 0 Å². The molecule has 4 heteroatoms. The van der Waals surface area contributed by atoms with Crippen molar-refractivity contribution in [1.29, 1.82) is 0 Å². The summed E-state index contributed by atoms with van der Waals surface area (Å²) >= 11 is 0. The Morgan fingerprint density at radius 3 is 0.933 bits per heavy atom. The molecular weight excluding hydrogens is 222 g/mol. The number of hydrogen-bond acceptors (Lipinski definition) is 3. The molecule has 0 amide bonds. The zero-order valence-electron chi connectivity index (χ0n) is 10.9. The van der Waals surface area contributed by atoms with Crippen LogP contribution >= 0.6 is 0 Å². The van der Waals surface area contributed by atoms with E-state index in [-0.39, 0.29) is 21.7 Å². The molecule has 0 unspecified atom stereocenters. The minimum Gasteiger partial charge on any atom is -0.323 e. The van der Waals surface area contributed by atoms with Crippen molar-refractivity contribution in [3.63, 3.8) is 0 Å². The van der Waals surface area contributed by atoms with E-state index < -0.39 is 0 Å². The molecular formula is C11H26N3Ti-. The van der Waals surface area contributed by atoms with Gasteiger partial charge in [-0.1, -0.05) is 0 Å². The van der Waals surface area contributed by atoms with Crippen LogP contribution in [-0.2, 0) is 21.7 Å². The van der Waals surface area contributed by atoms with E-state index in [1.807, 2.05) is 72.6 Å². The summed E-state index contributed by atoms with van der Waals surface area (Å²) < 4.78 is 0. The molecule has 3 nitrogen and oxygen atoms in total. The van der Waals surface area contributed by atoms with Gasteiger partial charge in [-0.15, -0.1) is 0 Å². The normalized spacial score (nSPS) is 6.27. The van der Waals surface area contributed by atoms with Gasteiger partial charge in [-0.3, -0.25) is 0 Å². The molecule has 0 saturated carbocycles. The molecule has 15 heavy (non-hydrogen) atoms. The molecule has 0 aromatic heterocycles. The fraction of sp³-hybridized carbons (Fsp3) is 0.545. The van der Waals surface area contributed by atoms with Crippen molar-refractivity contribution >= 4 is 0 Å².